The first-order valence-corrected chi connectivity index (χ1v) is 7.79. The van der Waals surface area contributed by atoms with E-state index in [0.29, 0.717) is 10.7 Å². The Kier molecular flexibility index (Phi) is 3.04. The van der Waals surface area contributed by atoms with E-state index in [1.54, 1.807) is 35.4 Å². The lowest BCUT2D eigenvalue weighted by Gasteiger charge is -2.26. The van der Waals surface area contributed by atoms with Crippen LogP contribution in [0.2, 0.25) is 5.02 Å². The van der Waals surface area contributed by atoms with Gasteiger partial charge in [-0.2, -0.15) is 0 Å². The Labute approximate surface area is 132 Å². The van der Waals surface area contributed by atoms with Gasteiger partial charge in [-0.05, 0) is 37.5 Å². The maximum atomic E-state index is 12.8. The second-order valence-electron chi connectivity index (χ2n) is 5.69. The molecule has 1 N–H and O–H groups in total. The van der Waals surface area contributed by atoms with E-state index in [1.165, 1.54) is 4.90 Å². The van der Waals surface area contributed by atoms with Crippen LogP contribution in [-0.4, -0.2) is 29.1 Å². The number of rotatable bonds is 1. The first kappa shape index (κ1) is 13.5. The fourth-order valence-electron chi connectivity index (χ4n) is 3.34. The molecular weight excluding hydrogens is 302 g/mol. The van der Waals surface area contributed by atoms with Gasteiger partial charge in [-0.25, -0.2) is 14.7 Å². The summed E-state index contributed by atoms with van der Waals surface area (Å²) in [5.41, 5.74) is 2.54. The maximum Gasteiger partial charge on any atom is 0.337 e. The zero-order chi connectivity index (χ0) is 15.3. The Morgan fingerprint density at radius 1 is 1.18 bits per heavy atom. The minimum absolute atomic E-state index is 0.239. The summed E-state index contributed by atoms with van der Waals surface area (Å²) in [4.78, 5) is 31.6. The fourth-order valence-corrected chi connectivity index (χ4v) is 3.52. The second kappa shape index (κ2) is 4.95. The molecular formula is C16H15ClN3O2+. The third kappa shape index (κ3) is 1.89. The Balaban J connectivity index is 1.77. The van der Waals surface area contributed by atoms with Gasteiger partial charge in [0.15, 0.2) is 18.0 Å². The second-order valence-corrected chi connectivity index (χ2v) is 6.13. The molecule has 0 bridgehead atoms. The van der Waals surface area contributed by atoms with Crippen molar-refractivity contribution < 1.29 is 14.6 Å². The Morgan fingerprint density at radius 2 is 2.00 bits per heavy atom. The molecule has 4 rings (SSSR count). The number of nitrogens with one attached hydrogen (secondary N) is 1. The third-order valence-electron chi connectivity index (χ3n) is 4.36. The fraction of sp³-hybridized carbons (Fsp3) is 0.312. The first-order valence-electron chi connectivity index (χ1n) is 7.41. The van der Waals surface area contributed by atoms with Crippen LogP contribution in [0, 0.1) is 0 Å². The van der Waals surface area contributed by atoms with E-state index in [2.05, 4.69) is 4.99 Å². The van der Waals surface area contributed by atoms with Crippen molar-refractivity contribution in [2.45, 2.75) is 31.7 Å². The smallest absolute Gasteiger partial charge is 0.271 e. The summed E-state index contributed by atoms with van der Waals surface area (Å²) >= 11 is 5.99. The summed E-state index contributed by atoms with van der Waals surface area (Å²) in [5.74, 6) is -0.239. The van der Waals surface area contributed by atoms with Crippen molar-refractivity contribution in [2.24, 2.45) is 0 Å². The molecule has 1 aromatic rings. The van der Waals surface area contributed by atoms with E-state index in [9.17, 15) is 9.59 Å². The first-order chi connectivity index (χ1) is 10.7. The van der Waals surface area contributed by atoms with Crippen molar-refractivity contribution in [2.75, 3.05) is 4.90 Å². The molecule has 22 heavy (non-hydrogen) atoms. The number of anilines is 1. The molecule has 5 nitrogen and oxygen atoms in total. The highest BCUT2D eigenvalue weighted by Gasteiger charge is 2.51. The van der Waals surface area contributed by atoms with E-state index in [4.69, 9.17) is 11.6 Å². The van der Waals surface area contributed by atoms with Crippen molar-refractivity contribution in [3.63, 3.8) is 0 Å². The van der Waals surface area contributed by atoms with Gasteiger partial charge in [0, 0.05) is 11.4 Å². The molecule has 112 valence electrons. The largest absolute Gasteiger partial charge is 0.337 e. The number of amides is 3. The number of fused-ring (bicyclic) bond motifs is 2. The average Bonchev–Trinajstić information content (AvgIpc) is 2.79. The van der Waals surface area contributed by atoms with Gasteiger partial charge in [0.1, 0.15) is 0 Å². The number of allylic oxidation sites excluding steroid dienone is 2. The molecule has 1 fully saturated rings. The molecule has 1 unspecified atom stereocenters. The van der Waals surface area contributed by atoms with Crippen LogP contribution >= 0.6 is 11.6 Å². The monoisotopic (exact) mass is 316 g/mol. The van der Waals surface area contributed by atoms with Crippen LogP contribution in [0.4, 0.5) is 10.5 Å². The molecule has 6 heteroatoms. The van der Waals surface area contributed by atoms with Gasteiger partial charge in [-0.3, -0.25) is 9.69 Å². The topological polar surface area (TPSA) is 54.6 Å². The zero-order valence-corrected chi connectivity index (χ0v) is 12.6. The van der Waals surface area contributed by atoms with Crippen molar-refractivity contribution in [1.29, 1.82) is 0 Å². The number of hydrogen-bond donors (Lipinski definition) is 1. The van der Waals surface area contributed by atoms with Crippen LogP contribution < -0.4 is 9.89 Å². The third-order valence-corrected chi connectivity index (χ3v) is 4.60. The van der Waals surface area contributed by atoms with Gasteiger partial charge in [0.25, 0.3) is 5.91 Å². The molecule has 2 aliphatic heterocycles. The molecule has 0 spiro atoms. The van der Waals surface area contributed by atoms with Gasteiger partial charge in [0.05, 0.1) is 11.4 Å². The van der Waals surface area contributed by atoms with Crippen LogP contribution in [0.15, 0.2) is 35.7 Å². The number of nitrogens with zero attached hydrogens (tertiary/aromatic N) is 2. The molecule has 1 saturated heterocycles. The van der Waals surface area contributed by atoms with Crippen LogP contribution in [0.5, 0.6) is 0 Å². The number of urea groups is 1. The standard InChI is InChI=1S/C16H14ClN3O2/c17-10-4-3-5-11(8-10)19-15(21)14-9-18-12-6-1-2-7-13(12)20(14)16(19)22/h3-5,8-9,14H,1-2,6-7H2/p+1. The Hall–Kier alpha value is -2.14. The molecule has 1 aliphatic carbocycles. The summed E-state index contributed by atoms with van der Waals surface area (Å²) in [6.45, 7) is 0. The molecule has 1 aromatic carbocycles. The number of benzene rings is 1. The lowest BCUT2D eigenvalue weighted by atomic mass is 9.98. The van der Waals surface area contributed by atoms with Gasteiger partial charge in [-0.15, -0.1) is 0 Å². The molecule has 0 aromatic heterocycles. The molecule has 1 atom stereocenters. The molecule has 0 radical (unpaired) electrons. The highest BCUT2D eigenvalue weighted by molar-refractivity contribution is 6.31. The van der Waals surface area contributed by atoms with Gasteiger partial charge < -0.3 is 0 Å². The van der Waals surface area contributed by atoms with Gasteiger partial charge in [-0.1, -0.05) is 17.7 Å². The Bertz CT molecular complexity index is 741. The molecule has 3 amide bonds. The lowest BCUT2D eigenvalue weighted by Crippen LogP contribution is -2.74. The molecule has 2 heterocycles. The van der Waals surface area contributed by atoms with Gasteiger partial charge >= 0.3 is 6.03 Å². The lowest BCUT2D eigenvalue weighted by molar-refractivity contribution is -0.404. The highest BCUT2D eigenvalue weighted by atomic mass is 35.5. The number of hydrogen-bond acceptors (Lipinski definition) is 2. The molecule has 0 saturated carbocycles. The number of imide groups is 1. The normalized spacial score (nSPS) is 24.0. The molecule has 3 aliphatic rings. The summed E-state index contributed by atoms with van der Waals surface area (Å²) in [6.07, 6.45) is 5.62. The Morgan fingerprint density at radius 3 is 2.82 bits per heavy atom. The minimum Gasteiger partial charge on any atom is -0.271 e. The van der Waals surface area contributed by atoms with Crippen LogP contribution in [-0.2, 0) is 4.79 Å². The minimum atomic E-state index is -0.566. The summed E-state index contributed by atoms with van der Waals surface area (Å²) in [5, 5.41) is 0.502. The van der Waals surface area contributed by atoms with Crippen molar-refractivity contribution in [3.05, 3.63) is 40.7 Å². The number of carbonyl (C=O) groups excluding carboxylic acids is 2. The quantitative estimate of drug-likeness (QED) is 0.797. The maximum absolute atomic E-state index is 12.8. The van der Waals surface area contributed by atoms with Gasteiger partial charge in [0.2, 0.25) is 0 Å². The zero-order valence-electron chi connectivity index (χ0n) is 11.9. The van der Waals surface area contributed by atoms with E-state index >= 15 is 0 Å². The van der Waals surface area contributed by atoms with Crippen molar-refractivity contribution >= 4 is 35.4 Å². The number of carbonyl (C=O) groups is 2. The predicted molar refractivity (Wildman–Crippen MR) is 82.5 cm³/mol. The van der Waals surface area contributed by atoms with Crippen molar-refractivity contribution in [1.82, 2.24) is 4.90 Å². The van der Waals surface area contributed by atoms with E-state index < -0.39 is 6.04 Å². The van der Waals surface area contributed by atoms with Crippen LogP contribution in [0.1, 0.15) is 25.7 Å². The van der Waals surface area contributed by atoms with E-state index in [1.807, 2.05) is 0 Å². The average molecular weight is 317 g/mol. The van der Waals surface area contributed by atoms with E-state index in [-0.39, 0.29) is 11.9 Å². The summed E-state index contributed by atoms with van der Waals surface area (Å²) in [6, 6.07) is 5.97. The van der Waals surface area contributed by atoms with Crippen molar-refractivity contribution in [3.8, 4) is 0 Å². The van der Waals surface area contributed by atoms with Crippen LogP contribution in [0.3, 0.4) is 0 Å². The highest BCUT2D eigenvalue weighted by Crippen LogP contribution is 2.34. The number of halogens is 1. The SMILES string of the molecule is O=C1C2C=[NH+]C3=C(CCCC3)N2C(=O)N1c1cccc(Cl)c1. The summed E-state index contributed by atoms with van der Waals surface area (Å²) < 4.78 is 0. The van der Waals surface area contributed by atoms with Crippen LogP contribution in [0.25, 0.3) is 0 Å². The predicted octanol–water partition coefficient (Wildman–Crippen LogP) is 1.43. The summed E-state index contributed by atoms with van der Waals surface area (Å²) in [7, 11) is 0. The van der Waals surface area contributed by atoms with E-state index in [0.717, 1.165) is 37.1 Å².